The van der Waals surface area contributed by atoms with Crippen LogP contribution >= 0.6 is 0 Å². The molecular formula is C12H18N2O. The lowest BCUT2D eigenvalue weighted by Gasteiger charge is -2.38. The van der Waals surface area contributed by atoms with Gasteiger partial charge in [0.25, 0.3) is 0 Å². The first-order chi connectivity index (χ1) is 7.33. The van der Waals surface area contributed by atoms with Crippen LogP contribution in [0, 0.1) is 5.92 Å². The summed E-state index contributed by atoms with van der Waals surface area (Å²) < 4.78 is 5.32. The summed E-state index contributed by atoms with van der Waals surface area (Å²) >= 11 is 0. The highest BCUT2D eigenvalue weighted by molar-refractivity contribution is 5.33. The van der Waals surface area contributed by atoms with E-state index in [-0.39, 0.29) is 0 Å². The molecular weight excluding hydrogens is 188 g/mol. The maximum Gasteiger partial charge on any atom is 0.123 e. The van der Waals surface area contributed by atoms with Crippen molar-refractivity contribution in [1.29, 1.82) is 0 Å². The van der Waals surface area contributed by atoms with Crippen LogP contribution in [-0.4, -0.2) is 31.6 Å². The molecule has 0 radical (unpaired) electrons. The van der Waals surface area contributed by atoms with Gasteiger partial charge in [-0.2, -0.15) is 0 Å². The molecule has 1 saturated heterocycles. The van der Waals surface area contributed by atoms with Gasteiger partial charge in [0, 0.05) is 25.2 Å². The third kappa shape index (κ3) is 2.30. The predicted octanol–water partition coefficient (Wildman–Crippen LogP) is 1.09. The van der Waals surface area contributed by atoms with Crippen LogP contribution in [0.3, 0.4) is 0 Å². The molecule has 1 fully saturated rings. The van der Waals surface area contributed by atoms with Gasteiger partial charge in [-0.05, 0) is 18.5 Å². The minimum atomic E-state index is 0.694. The molecule has 1 aliphatic rings. The van der Waals surface area contributed by atoms with Gasteiger partial charge in [-0.3, -0.25) is 4.90 Å². The monoisotopic (exact) mass is 206 g/mol. The van der Waals surface area contributed by atoms with Gasteiger partial charge in [0.15, 0.2) is 0 Å². The fourth-order valence-electron chi connectivity index (χ4n) is 2.03. The summed E-state index contributed by atoms with van der Waals surface area (Å²) in [5.41, 5.74) is 6.85. The highest BCUT2D eigenvalue weighted by atomic mass is 16.5. The molecule has 3 heteroatoms. The molecule has 1 aromatic carbocycles. The molecule has 0 saturated carbocycles. The van der Waals surface area contributed by atoms with E-state index >= 15 is 0 Å². The lowest BCUT2D eigenvalue weighted by atomic mass is 9.99. The highest BCUT2D eigenvalue weighted by Gasteiger charge is 2.25. The van der Waals surface area contributed by atoms with Gasteiger partial charge in [0.1, 0.15) is 5.75 Å². The predicted molar refractivity (Wildman–Crippen MR) is 60.8 cm³/mol. The molecule has 82 valence electrons. The Bertz CT molecular complexity index is 321. The number of rotatable bonds is 4. The van der Waals surface area contributed by atoms with Gasteiger partial charge in [0.05, 0.1) is 7.11 Å². The Labute approximate surface area is 90.8 Å². The van der Waals surface area contributed by atoms with Crippen molar-refractivity contribution in [3.8, 4) is 5.75 Å². The molecule has 0 aromatic heterocycles. The van der Waals surface area contributed by atoms with Crippen molar-refractivity contribution in [3.05, 3.63) is 29.8 Å². The Morgan fingerprint density at radius 1 is 1.40 bits per heavy atom. The molecule has 1 aromatic rings. The minimum absolute atomic E-state index is 0.694. The number of nitrogens with zero attached hydrogens (tertiary/aromatic N) is 1. The molecule has 1 heterocycles. The molecule has 0 aliphatic carbocycles. The normalized spacial score (nSPS) is 17.5. The van der Waals surface area contributed by atoms with Crippen LogP contribution in [0.5, 0.6) is 5.75 Å². The van der Waals surface area contributed by atoms with E-state index in [9.17, 15) is 0 Å². The van der Waals surface area contributed by atoms with Crippen LogP contribution in [-0.2, 0) is 6.54 Å². The molecule has 2 rings (SSSR count). The van der Waals surface area contributed by atoms with E-state index in [1.165, 1.54) is 5.56 Å². The second-order valence-corrected chi connectivity index (χ2v) is 4.11. The first-order valence-corrected chi connectivity index (χ1v) is 5.37. The fourth-order valence-corrected chi connectivity index (χ4v) is 2.03. The minimum Gasteiger partial charge on any atom is -0.496 e. The Hall–Kier alpha value is -1.06. The van der Waals surface area contributed by atoms with Crippen LogP contribution in [0.15, 0.2) is 24.3 Å². The van der Waals surface area contributed by atoms with Crippen LogP contribution in [0.25, 0.3) is 0 Å². The standard InChI is InChI=1S/C12H18N2O/c1-15-12-5-3-2-4-11(12)9-14-7-10(6-13)8-14/h2-5,10H,6-9,13H2,1H3. The number of ether oxygens (including phenoxy) is 1. The van der Waals surface area contributed by atoms with E-state index in [1.54, 1.807) is 7.11 Å². The molecule has 15 heavy (non-hydrogen) atoms. The second kappa shape index (κ2) is 4.64. The number of hydrogen-bond acceptors (Lipinski definition) is 3. The molecule has 0 spiro atoms. The third-order valence-corrected chi connectivity index (χ3v) is 2.95. The van der Waals surface area contributed by atoms with Crippen LogP contribution in [0.4, 0.5) is 0 Å². The summed E-state index contributed by atoms with van der Waals surface area (Å²) in [4.78, 5) is 2.40. The zero-order chi connectivity index (χ0) is 10.7. The maximum atomic E-state index is 5.59. The summed E-state index contributed by atoms with van der Waals surface area (Å²) in [7, 11) is 1.72. The van der Waals surface area contributed by atoms with E-state index in [0.717, 1.165) is 31.9 Å². The number of hydrogen-bond donors (Lipinski definition) is 1. The molecule has 1 aliphatic heterocycles. The van der Waals surface area contributed by atoms with E-state index in [1.807, 2.05) is 12.1 Å². The first kappa shape index (κ1) is 10.5. The Morgan fingerprint density at radius 3 is 2.80 bits per heavy atom. The smallest absolute Gasteiger partial charge is 0.123 e. The lowest BCUT2D eigenvalue weighted by Crippen LogP contribution is -2.49. The topological polar surface area (TPSA) is 38.5 Å². The molecule has 0 unspecified atom stereocenters. The van der Waals surface area contributed by atoms with Gasteiger partial charge in [-0.1, -0.05) is 18.2 Å². The number of methoxy groups -OCH3 is 1. The summed E-state index contributed by atoms with van der Waals surface area (Å²) in [5.74, 6) is 1.67. The number of benzene rings is 1. The molecule has 3 nitrogen and oxygen atoms in total. The number of para-hydroxylation sites is 1. The van der Waals surface area contributed by atoms with Crippen molar-refractivity contribution >= 4 is 0 Å². The zero-order valence-electron chi connectivity index (χ0n) is 9.15. The summed E-state index contributed by atoms with van der Waals surface area (Å²) in [6, 6.07) is 8.18. The summed E-state index contributed by atoms with van der Waals surface area (Å²) in [5, 5.41) is 0. The molecule has 0 bridgehead atoms. The van der Waals surface area contributed by atoms with E-state index in [2.05, 4.69) is 17.0 Å². The Morgan fingerprint density at radius 2 is 2.13 bits per heavy atom. The summed E-state index contributed by atoms with van der Waals surface area (Å²) in [6.45, 7) is 4.02. The van der Waals surface area contributed by atoms with Crippen molar-refractivity contribution in [3.63, 3.8) is 0 Å². The molecule has 0 atom stereocenters. The Balaban J connectivity index is 1.94. The van der Waals surface area contributed by atoms with Crippen molar-refractivity contribution in [2.45, 2.75) is 6.54 Å². The number of nitrogens with two attached hydrogens (primary N) is 1. The lowest BCUT2D eigenvalue weighted by molar-refractivity contribution is 0.0969. The van der Waals surface area contributed by atoms with Crippen molar-refractivity contribution < 1.29 is 4.74 Å². The second-order valence-electron chi connectivity index (χ2n) is 4.11. The average Bonchev–Trinajstić information content (AvgIpc) is 2.23. The van der Waals surface area contributed by atoms with Gasteiger partial charge >= 0.3 is 0 Å². The third-order valence-electron chi connectivity index (χ3n) is 2.95. The van der Waals surface area contributed by atoms with Crippen molar-refractivity contribution in [1.82, 2.24) is 4.90 Å². The van der Waals surface area contributed by atoms with Gasteiger partial charge in [-0.25, -0.2) is 0 Å². The molecule has 0 amide bonds. The van der Waals surface area contributed by atoms with Gasteiger partial charge in [0.2, 0.25) is 0 Å². The Kier molecular flexibility index (Phi) is 3.23. The average molecular weight is 206 g/mol. The summed E-state index contributed by atoms with van der Waals surface area (Å²) in [6.07, 6.45) is 0. The van der Waals surface area contributed by atoms with Crippen molar-refractivity contribution in [2.24, 2.45) is 11.7 Å². The van der Waals surface area contributed by atoms with Crippen LogP contribution in [0.2, 0.25) is 0 Å². The number of likely N-dealkylation sites (tertiary alicyclic amines) is 1. The largest absolute Gasteiger partial charge is 0.496 e. The molecule has 2 N–H and O–H groups in total. The van der Waals surface area contributed by atoms with E-state index < -0.39 is 0 Å². The van der Waals surface area contributed by atoms with Gasteiger partial charge < -0.3 is 10.5 Å². The maximum absolute atomic E-state index is 5.59. The quantitative estimate of drug-likeness (QED) is 0.801. The first-order valence-electron chi connectivity index (χ1n) is 5.37. The van der Waals surface area contributed by atoms with Crippen molar-refractivity contribution in [2.75, 3.05) is 26.7 Å². The fraction of sp³-hybridized carbons (Fsp3) is 0.500. The van der Waals surface area contributed by atoms with Crippen LogP contribution in [0.1, 0.15) is 5.56 Å². The van der Waals surface area contributed by atoms with E-state index in [4.69, 9.17) is 10.5 Å². The van der Waals surface area contributed by atoms with Crippen LogP contribution < -0.4 is 10.5 Å². The van der Waals surface area contributed by atoms with Gasteiger partial charge in [-0.15, -0.1) is 0 Å². The zero-order valence-corrected chi connectivity index (χ0v) is 9.15. The SMILES string of the molecule is COc1ccccc1CN1CC(CN)C1. The highest BCUT2D eigenvalue weighted by Crippen LogP contribution is 2.23. The van der Waals surface area contributed by atoms with E-state index in [0.29, 0.717) is 5.92 Å².